The SMILES string of the molecule is Oc1cc(-c2cccc3c2Cc2ccccc2-3)c2ccc3c(-c4cccc5c4Cc4ccccc4-5)ccc4ccc1c2c43. The molecule has 0 amide bonds. The maximum absolute atomic E-state index is 11.5. The Morgan fingerprint density at radius 3 is 1.51 bits per heavy atom. The van der Waals surface area contributed by atoms with Crippen LogP contribution in [0, 0.1) is 0 Å². The zero-order valence-electron chi connectivity index (χ0n) is 23.5. The molecule has 1 nitrogen and oxygen atoms in total. The van der Waals surface area contributed by atoms with E-state index in [1.54, 1.807) is 0 Å². The van der Waals surface area contributed by atoms with Gasteiger partial charge in [-0.3, -0.25) is 0 Å². The Hall–Kier alpha value is -5.40. The lowest BCUT2D eigenvalue weighted by molar-refractivity contribution is 0.482. The Morgan fingerprint density at radius 2 is 0.860 bits per heavy atom. The van der Waals surface area contributed by atoms with Crippen molar-refractivity contribution in [3.05, 3.63) is 150 Å². The molecule has 0 unspecified atom stereocenters. The second kappa shape index (κ2) is 8.33. The molecule has 10 rings (SSSR count). The van der Waals surface area contributed by atoms with Gasteiger partial charge in [-0.25, -0.2) is 0 Å². The molecule has 0 saturated carbocycles. The highest BCUT2D eigenvalue weighted by atomic mass is 16.3. The molecule has 0 fully saturated rings. The highest BCUT2D eigenvalue weighted by Gasteiger charge is 2.25. The van der Waals surface area contributed by atoms with Crippen molar-refractivity contribution in [2.45, 2.75) is 12.8 Å². The van der Waals surface area contributed by atoms with Crippen LogP contribution in [0.4, 0.5) is 0 Å². The number of fused-ring (bicyclic) bond motifs is 6. The van der Waals surface area contributed by atoms with Crippen LogP contribution in [0.25, 0.3) is 76.8 Å². The maximum Gasteiger partial charge on any atom is 0.124 e. The smallest absolute Gasteiger partial charge is 0.124 e. The molecule has 0 atom stereocenters. The Bertz CT molecular complexity index is 2460. The lowest BCUT2D eigenvalue weighted by atomic mass is 9.84. The third-order valence-corrected chi connectivity index (χ3v) is 10.0. The van der Waals surface area contributed by atoms with Crippen molar-refractivity contribution < 1.29 is 5.11 Å². The van der Waals surface area contributed by atoms with Crippen molar-refractivity contribution in [3.63, 3.8) is 0 Å². The zero-order chi connectivity index (χ0) is 28.2. The second-order valence-electron chi connectivity index (χ2n) is 12.1. The van der Waals surface area contributed by atoms with E-state index in [0.29, 0.717) is 5.75 Å². The van der Waals surface area contributed by atoms with Crippen LogP contribution >= 0.6 is 0 Å². The summed E-state index contributed by atoms with van der Waals surface area (Å²) < 4.78 is 0. The van der Waals surface area contributed by atoms with Gasteiger partial charge in [0.25, 0.3) is 0 Å². The van der Waals surface area contributed by atoms with Crippen LogP contribution in [-0.2, 0) is 12.8 Å². The minimum Gasteiger partial charge on any atom is -0.507 e. The van der Waals surface area contributed by atoms with Crippen LogP contribution < -0.4 is 0 Å². The summed E-state index contributed by atoms with van der Waals surface area (Å²) >= 11 is 0. The summed E-state index contributed by atoms with van der Waals surface area (Å²) in [6.45, 7) is 0. The number of hydrogen-bond acceptors (Lipinski definition) is 1. The lowest BCUT2D eigenvalue weighted by Gasteiger charge is -2.19. The van der Waals surface area contributed by atoms with Gasteiger partial charge in [-0.1, -0.05) is 121 Å². The molecule has 0 bridgehead atoms. The highest BCUT2D eigenvalue weighted by molar-refractivity contribution is 6.29. The quantitative estimate of drug-likeness (QED) is 0.214. The van der Waals surface area contributed by atoms with Gasteiger partial charge in [0.15, 0.2) is 0 Å². The van der Waals surface area contributed by atoms with E-state index in [4.69, 9.17) is 0 Å². The van der Waals surface area contributed by atoms with Crippen LogP contribution in [0.2, 0.25) is 0 Å². The van der Waals surface area contributed by atoms with Crippen LogP contribution in [0.1, 0.15) is 22.3 Å². The zero-order valence-corrected chi connectivity index (χ0v) is 23.5. The number of aromatic hydroxyl groups is 1. The van der Waals surface area contributed by atoms with Crippen molar-refractivity contribution >= 4 is 32.3 Å². The largest absolute Gasteiger partial charge is 0.507 e. The van der Waals surface area contributed by atoms with Crippen molar-refractivity contribution in [3.8, 4) is 50.3 Å². The van der Waals surface area contributed by atoms with Gasteiger partial charge < -0.3 is 5.11 Å². The molecule has 0 heterocycles. The molecule has 0 aromatic heterocycles. The van der Waals surface area contributed by atoms with Gasteiger partial charge in [-0.15, -0.1) is 0 Å². The lowest BCUT2D eigenvalue weighted by Crippen LogP contribution is -1.94. The summed E-state index contributed by atoms with van der Waals surface area (Å²) in [6, 6.07) is 46.3. The topological polar surface area (TPSA) is 20.2 Å². The molecule has 2 aliphatic carbocycles. The fraction of sp³-hybridized carbons (Fsp3) is 0.0476. The van der Waals surface area contributed by atoms with E-state index in [-0.39, 0.29) is 0 Å². The Labute approximate surface area is 249 Å². The molecule has 0 saturated heterocycles. The normalized spacial score (nSPS) is 13.0. The van der Waals surface area contributed by atoms with Crippen molar-refractivity contribution in [1.29, 1.82) is 0 Å². The van der Waals surface area contributed by atoms with Crippen LogP contribution in [-0.4, -0.2) is 5.11 Å². The first-order valence-corrected chi connectivity index (χ1v) is 15.1. The highest BCUT2D eigenvalue weighted by Crippen LogP contribution is 2.49. The first kappa shape index (κ1) is 23.2. The van der Waals surface area contributed by atoms with Crippen LogP contribution in [0.3, 0.4) is 0 Å². The predicted octanol–water partition coefficient (Wildman–Crippen LogP) is 10.8. The molecule has 8 aromatic rings. The van der Waals surface area contributed by atoms with Gasteiger partial charge >= 0.3 is 0 Å². The maximum atomic E-state index is 11.5. The molecule has 1 N–H and O–H groups in total. The van der Waals surface area contributed by atoms with Gasteiger partial charge in [-0.05, 0) is 107 Å². The van der Waals surface area contributed by atoms with E-state index in [2.05, 4.69) is 121 Å². The average molecular weight is 547 g/mol. The number of phenols is 1. The fourth-order valence-corrected chi connectivity index (χ4v) is 8.16. The molecule has 200 valence electrons. The third-order valence-electron chi connectivity index (χ3n) is 10.0. The minimum atomic E-state index is 0.339. The first-order chi connectivity index (χ1) is 21.2. The van der Waals surface area contributed by atoms with E-state index in [0.717, 1.165) is 29.2 Å². The van der Waals surface area contributed by atoms with Gasteiger partial charge in [0, 0.05) is 10.8 Å². The fourth-order valence-electron chi connectivity index (χ4n) is 8.16. The summed E-state index contributed by atoms with van der Waals surface area (Å²) in [5.74, 6) is 0.339. The Morgan fingerprint density at radius 1 is 0.372 bits per heavy atom. The van der Waals surface area contributed by atoms with Crippen molar-refractivity contribution in [2.75, 3.05) is 0 Å². The number of phenolic OH excluding ortho intramolecular Hbond substituents is 1. The van der Waals surface area contributed by atoms with Crippen molar-refractivity contribution in [1.82, 2.24) is 0 Å². The molecular weight excluding hydrogens is 520 g/mol. The molecule has 0 aliphatic heterocycles. The van der Waals surface area contributed by atoms with E-state index in [9.17, 15) is 5.11 Å². The number of benzene rings is 8. The van der Waals surface area contributed by atoms with E-state index in [1.807, 2.05) is 6.07 Å². The summed E-state index contributed by atoms with van der Waals surface area (Å²) in [5, 5.41) is 18.4. The summed E-state index contributed by atoms with van der Waals surface area (Å²) in [4.78, 5) is 0. The van der Waals surface area contributed by atoms with Crippen LogP contribution in [0.5, 0.6) is 5.75 Å². The summed E-state index contributed by atoms with van der Waals surface area (Å²) in [6.07, 6.45) is 1.87. The minimum absolute atomic E-state index is 0.339. The Balaban J connectivity index is 1.25. The van der Waals surface area contributed by atoms with Crippen molar-refractivity contribution in [2.24, 2.45) is 0 Å². The van der Waals surface area contributed by atoms with Gasteiger partial charge in [-0.2, -0.15) is 0 Å². The molecule has 0 spiro atoms. The van der Waals surface area contributed by atoms with E-state index < -0.39 is 0 Å². The van der Waals surface area contributed by atoms with Gasteiger partial charge in [0.2, 0.25) is 0 Å². The summed E-state index contributed by atoms with van der Waals surface area (Å²) in [5.41, 5.74) is 15.7. The number of rotatable bonds is 2. The molecule has 43 heavy (non-hydrogen) atoms. The van der Waals surface area contributed by atoms with Crippen LogP contribution in [0.15, 0.2) is 127 Å². The monoisotopic (exact) mass is 546 g/mol. The molecule has 0 radical (unpaired) electrons. The third kappa shape index (κ3) is 3.06. The molecular formula is C42H26O. The second-order valence-corrected chi connectivity index (χ2v) is 12.1. The molecule has 8 aromatic carbocycles. The van der Waals surface area contributed by atoms with E-state index in [1.165, 1.54) is 82.7 Å². The molecule has 1 heteroatoms. The van der Waals surface area contributed by atoms with E-state index >= 15 is 0 Å². The number of hydrogen-bond donors (Lipinski definition) is 1. The molecule has 2 aliphatic rings. The summed E-state index contributed by atoms with van der Waals surface area (Å²) in [7, 11) is 0. The van der Waals surface area contributed by atoms with Gasteiger partial charge in [0.1, 0.15) is 5.75 Å². The van der Waals surface area contributed by atoms with Gasteiger partial charge in [0.05, 0.1) is 0 Å². The Kier molecular flexibility index (Phi) is 4.50. The standard InChI is InChI=1S/C42H26O/c43-40-23-39(32-14-6-12-30-28-10-4-2-8-26(28)22-38(30)32)35-20-19-34-33(17-15-24-16-18-36(40)42(35)41(24)34)31-13-5-11-29-27-9-3-1-7-25(27)21-37(29)31/h1-20,23,43H,21-22H2. The first-order valence-electron chi connectivity index (χ1n) is 15.1. The average Bonchev–Trinajstić information content (AvgIpc) is 3.63. The predicted molar refractivity (Wildman–Crippen MR) is 179 cm³/mol.